The molecule has 1 rings (SSSR count). The van der Waals surface area contributed by atoms with Crippen LogP contribution in [0.5, 0.6) is 0 Å². The number of rotatable bonds is 7. The predicted octanol–water partition coefficient (Wildman–Crippen LogP) is 1.29. The molecule has 0 aliphatic heterocycles. The van der Waals surface area contributed by atoms with E-state index in [4.69, 9.17) is 5.11 Å². The van der Waals surface area contributed by atoms with Crippen LogP contribution in [-0.4, -0.2) is 35.5 Å². The fourth-order valence-electron chi connectivity index (χ4n) is 2.44. The average Bonchev–Trinajstić information content (AvgIpc) is 2.61. The standard InChI is InChI=1S/C12H25NO2/c1-2-4-10(7-8-14)9-13-11-5-3-6-12(11)15/h10-15H,2-9H2,1H3. The molecule has 0 aromatic heterocycles. The Morgan fingerprint density at radius 1 is 1.33 bits per heavy atom. The monoisotopic (exact) mass is 215 g/mol. The Hall–Kier alpha value is -0.120. The van der Waals surface area contributed by atoms with E-state index in [9.17, 15) is 5.11 Å². The highest BCUT2D eigenvalue weighted by atomic mass is 16.3. The van der Waals surface area contributed by atoms with Crippen LogP contribution in [0, 0.1) is 5.92 Å². The summed E-state index contributed by atoms with van der Waals surface area (Å²) < 4.78 is 0. The third-order valence-electron chi connectivity index (χ3n) is 3.38. The second-order valence-corrected chi connectivity index (χ2v) is 4.68. The van der Waals surface area contributed by atoms with Crippen molar-refractivity contribution in [1.82, 2.24) is 5.32 Å². The Bertz CT molecular complexity index is 158. The molecule has 3 atom stereocenters. The van der Waals surface area contributed by atoms with Gasteiger partial charge in [0.15, 0.2) is 0 Å². The maximum atomic E-state index is 9.65. The van der Waals surface area contributed by atoms with Crippen molar-refractivity contribution in [3.05, 3.63) is 0 Å². The van der Waals surface area contributed by atoms with E-state index in [-0.39, 0.29) is 12.7 Å². The normalized spacial score (nSPS) is 28.2. The van der Waals surface area contributed by atoms with Crippen LogP contribution < -0.4 is 5.32 Å². The van der Waals surface area contributed by atoms with E-state index in [1.54, 1.807) is 0 Å². The first-order chi connectivity index (χ1) is 7.27. The lowest BCUT2D eigenvalue weighted by Crippen LogP contribution is -2.38. The summed E-state index contributed by atoms with van der Waals surface area (Å²) in [4.78, 5) is 0. The van der Waals surface area contributed by atoms with Crippen molar-refractivity contribution in [1.29, 1.82) is 0 Å². The summed E-state index contributed by atoms with van der Waals surface area (Å²) in [6.45, 7) is 3.39. The van der Waals surface area contributed by atoms with E-state index >= 15 is 0 Å². The first kappa shape index (κ1) is 12.9. The van der Waals surface area contributed by atoms with Gasteiger partial charge in [-0.15, -0.1) is 0 Å². The minimum atomic E-state index is -0.151. The second kappa shape index (κ2) is 7.20. The summed E-state index contributed by atoms with van der Waals surface area (Å²) in [6.07, 6.45) is 6.23. The van der Waals surface area contributed by atoms with E-state index in [2.05, 4.69) is 12.2 Å². The zero-order chi connectivity index (χ0) is 11.1. The summed E-state index contributed by atoms with van der Waals surface area (Å²) >= 11 is 0. The lowest BCUT2D eigenvalue weighted by molar-refractivity contribution is 0.144. The van der Waals surface area contributed by atoms with E-state index in [0.717, 1.165) is 38.6 Å². The molecule has 3 N–H and O–H groups in total. The molecule has 0 amide bonds. The average molecular weight is 215 g/mol. The summed E-state index contributed by atoms with van der Waals surface area (Å²) in [5.74, 6) is 0.563. The topological polar surface area (TPSA) is 52.5 Å². The highest BCUT2D eigenvalue weighted by molar-refractivity contribution is 4.83. The largest absolute Gasteiger partial charge is 0.396 e. The summed E-state index contributed by atoms with van der Waals surface area (Å²) in [5.41, 5.74) is 0. The lowest BCUT2D eigenvalue weighted by Gasteiger charge is -2.21. The summed E-state index contributed by atoms with van der Waals surface area (Å²) in [6, 6.07) is 0.294. The van der Waals surface area contributed by atoms with Crippen molar-refractivity contribution in [2.75, 3.05) is 13.2 Å². The molecule has 3 heteroatoms. The quantitative estimate of drug-likeness (QED) is 0.600. The Labute approximate surface area is 92.9 Å². The maximum Gasteiger partial charge on any atom is 0.0693 e. The van der Waals surface area contributed by atoms with Gasteiger partial charge in [0.2, 0.25) is 0 Å². The number of aliphatic hydroxyl groups is 2. The third-order valence-corrected chi connectivity index (χ3v) is 3.38. The van der Waals surface area contributed by atoms with Crippen LogP contribution >= 0.6 is 0 Å². The van der Waals surface area contributed by atoms with E-state index < -0.39 is 0 Å². The van der Waals surface area contributed by atoms with Crippen molar-refractivity contribution in [2.45, 2.75) is 57.6 Å². The Balaban J connectivity index is 2.19. The predicted molar refractivity (Wildman–Crippen MR) is 61.7 cm³/mol. The summed E-state index contributed by atoms with van der Waals surface area (Å²) in [5, 5.41) is 22.0. The molecule has 0 spiro atoms. The van der Waals surface area contributed by atoms with Crippen molar-refractivity contribution in [3.63, 3.8) is 0 Å². The fourth-order valence-corrected chi connectivity index (χ4v) is 2.44. The van der Waals surface area contributed by atoms with Gasteiger partial charge in [-0.3, -0.25) is 0 Å². The van der Waals surface area contributed by atoms with Gasteiger partial charge in [0.1, 0.15) is 0 Å². The number of hydrogen-bond donors (Lipinski definition) is 3. The highest BCUT2D eigenvalue weighted by Gasteiger charge is 2.24. The molecule has 3 unspecified atom stereocenters. The molecule has 0 bridgehead atoms. The molecule has 3 nitrogen and oxygen atoms in total. The molecule has 90 valence electrons. The van der Waals surface area contributed by atoms with Crippen LogP contribution in [0.2, 0.25) is 0 Å². The first-order valence-corrected chi connectivity index (χ1v) is 6.30. The third kappa shape index (κ3) is 4.49. The Morgan fingerprint density at radius 2 is 2.13 bits per heavy atom. The lowest BCUT2D eigenvalue weighted by atomic mass is 9.99. The number of hydrogen-bond acceptors (Lipinski definition) is 3. The zero-order valence-corrected chi connectivity index (χ0v) is 9.78. The van der Waals surface area contributed by atoms with Gasteiger partial charge in [-0.1, -0.05) is 13.3 Å². The van der Waals surface area contributed by atoms with Crippen LogP contribution in [0.25, 0.3) is 0 Å². The molecular weight excluding hydrogens is 190 g/mol. The van der Waals surface area contributed by atoms with Gasteiger partial charge in [-0.05, 0) is 44.6 Å². The maximum absolute atomic E-state index is 9.65. The van der Waals surface area contributed by atoms with Crippen molar-refractivity contribution < 1.29 is 10.2 Å². The van der Waals surface area contributed by atoms with Gasteiger partial charge in [0.05, 0.1) is 6.10 Å². The molecule has 0 saturated heterocycles. The minimum absolute atomic E-state index is 0.151. The van der Waals surface area contributed by atoms with Crippen molar-refractivity contribution in [3.8, 4) is 0 Å². The van der Waals surface area contributed by atoms with Crippen LogP contribution in [0.1, 0.15) is 45.4 Å². The molecule has 1 saturated carbocycles. The number of aliphatic hydroxyl groups excluding tert-OH is 2. The van der Waals surface area contributed by atoms with Crippen LogP contribution in [0.4, 0.5) is 0 Å². The molecular formula is C12H25NO2. The zero-order valence-electron chi connectivity index (χ0n) is 9.78. The van der Waals surface area contributed by atoms with Crippen LogP contribution in [0.15, 0.2) is 0 Å². The molecule has 0 aromatic rings. The van der Waals surface area contributed by atoms with Crippen molar-refractivity contribution >= 4 is 0 Å². The Morgan fingerprint density at radius 3 is 2.67 bits per heavy atom. The van der Waals surface area contributed by atoms with Gasteiger partial charge in [0, 0.05) is 12.6 Å². The highest BCUT2D eigenvalue weighted by Crippen LogP contribution is 2.19. The van der Waals surface area contributed by atoms with Gasteiger partial charge in [0.25, 0.3) is 0 Å². The molecule has 0 aromatic carbocycles. The van der Waals surface area contributed by atoms with E-state index in [1.807, 2.05) is 0 Å². The molecule has 1 aliphatic carbocycles. The SMILES string of the molecule is CCCC(CCO)CNC1CCCC1O. The van der Waals surface area contributed by atoms with Crippen molar-refractivity contribution in [2.24, 2.45) is 5.92 Å². The second-order valence-electron chi connectivity index (χ2n) is 4.68. The van der Waals surface area contributed by atoms with Gasteiger partial charge >= 0.3 is 0 Å². The first-order valence-electron chi connectivity index (χ1n) is 6.30. The van der Waals surface area contributed by atoms with E-state index in [1.165, 1.54) is 6.42 Å². The summed E-state index contributed by atoms with van der Waals surface area (Å²) in [7, 11) is 0. The van der Waals surface area contributed by atoms with Crippen LogP contribution in [0.3, 0.4) is 0 Å². The van der Waals surface area contributed by atoms with E-state index in [0.29, 0.717) is 12.0 Å². The molecule has 0 radical (unpaired) electrons. The molecule has 1 aliphatic rings. The van der Waals surface area contributed by atoms with Gasteiger partial charge in [-0.2, -0.15) is 0 Å². The van der Waals surface area contributed by atoms with Gasteiger partial charge < -0.3 is 15.5 Å². The van der Waals surface area contributed by atoms with Crippen LogP contribution in [-0.2, 0) is 0 Å². The molecule has 1 fully saturated rings. The minimum Gasteiger partial charge on any atom is -0.396 e. The Kier molecular flexibility index (Phi) is 6.22. The smallest absolute Gasteiger partial charge is 0.0693 e. The fraction of sp³-hybridized carbons (Fsp3) is 1.00. The molecule has 15 heavy (non-hydrogen) atoms. The molecule has 0 heterocycles. The number of nitrogens with one attached hydrogen (secondary N) is 1. The van der Waals surface area contributed by atoms with Gasteiger partial charge in [-0.25, -0.2) is 0 Å².